The molecule has 0 saturated carbocycles. The van der Waals surface area contributed by atoms with Gasteiger partial charge in [0, 0.05) is 6.61 Å². The van der Waals surface area contributed by atoms with Crippen molar-refractivity contribution >= 4 is 27.3 Å². The van der Waals surface area contributed by atoms with Crippen molar-refractivity contribution in [3.05, 3.63) is 20.8 Å². The van der Waals surface area contributed by atoms with Crippen LogP contribution in [0.4, 0.5) is 0 Å². The molecular weight excluding hydrogens is 288 g/mol. The van der Waals surface area contributed by atoms with Crippen LogP contribution >= 0.6 is 27.3 Å². The Labute approximate surface area is 109 Å². The van der Waals surface area contributed by atoms with E-state index in [9.17, 15) is 5.11 Å². The van der Waals surface area contributed by atoms with Crippen molar-refractivity contribution in [3.8, 4) is 0 Å². The highest BCUT2D eigenvalue weighted by atomic mass is 79.9. The van der Waals surface area contributed by atoms with Gasteiger partial charge in [-0.2, -0.15) is 0 Å². The van der Waals surface area contributed by atoms with Crippen LogP contribution in [0.25, 0.3) is 0 Å². The Hall–Kier alpha value is 0.100. The summed E-state index contributed by atoms with van der Waals surface area (Å²) in [4.78, 5) is 0. The lowest BCUT2D eigenvalue weighted by Crippen LogP contribution is -2.05. The summed E-state index contributed by atoms with van der Waals surface area (Å²) in [6, 6.07) is 2.00. The largest absolute Gasteiger partial charge is 0.388 e. The van der Waals surface area contributed by atoms with Crippen molar-refractivity contribution in [2.24, 2.45) is 0 Å². The summed E-state index contributed by atoms with van der Waals surface area (Å²) in [5, 5.41) is 12.0. The number of hydrogen-bond donors (Lipinski definition) is 1. The lowest BCUT2D eigenvalue weighted by Gasteiger charge is -2.11. The first-order chi connectivity index (χ1) is 7.75. The Morgan fingerprint density at radius 3 is 3.12 bits per heavy atom. The van der Waals surface area contributed by atoms with E-state index in [1.54, 1.807) is 11.3 Å². The third-order valence-electron chi connectivity index (χ3n) is 3.00. The maximum Gasteiger partial charge on any atom is 0.0798 e. The summed E-state index contributed by atoms with van der Waals surface area (Å²) < 4.78 is 6.64. The molecule has 1 N–H and O–H groups in total. The predicted octanol–water partition coefficient (Wildman–Crippen LogP) is 3.89. The maximum atomic E-state index is 9.95. The Bertz CT molecular complexity index is 321. The van der Waals surface area contributed by atoms with Crippen LogP contribution in [0.5, 0.6) is 0 Å². The molecule has 90 valence electrons. The number of hydrogen-bond acceptors (Lipinski definition) is 3. The van der Waals surface area contributed by atoms with Gasteiger partial charge in [-0.1, -0.05) is 0 Å². The van der Waals surface area contributed by atoms with Gasteiger partial charge >= 0.3 is 0 Å². The second-order valence-electron chi connectivity index (χ2n) is 4.27. The molecule has 2 rings (SSSR count). The number of halogens is 1. The van der Waals surface area contributed by atoms with E-state index in [4.69, 9.17) is 4.74 Å². The molecule has 0 amide bonds. The topological polar surface area (TPSA) is 29.5 Å². The van der Waals surface area contributed by atoms with E-state index in [0.29, 0.717) is 6.10 Å². The molecule has 1 saturated heterocycles. The zero-order valence-corrected chi connectivity index (χ0v) is 11.6. The molecule has 0 aliphatic carbocycles. The number of thiophene rings is 1. The number of aliphatic hydroxyl groups excluding tert-OH is 1. The van der Waals surface area contributed by atoms with Gasteiger partial charge in [0.15, 0.2) is 0 Å². The van der Waals surface area contributed by atoms with Gasteiger partial charge in [0.25, 0.3) is 0 Å². The van der Waals surface area contributed by atoms with Crippen molar-refractivity contribution < 1.29 is 9.84 Å². The first kappa shape index (κ1) is 12.6. The number of rotatable bonds is 5. The highest BCUT2D eigenvalue weighted by molar-refractivity contribution is 9.11. The number of ether oxygens (including phenoxy) is 1. The first-order valence-corrected chi connectivity index (χ1v) is 7.46. The van der Waals surface area contributed by atoms with Gasteiger partial charge in [0.1, 0.15) is 0 Å². The van der Waals surface area contributed by atoms with Crippen molar-refractivity contribution in [1.82, 2.24) is 0 Å². The van der Waals surface area contributed by atoms with Gasteiger partial charge in [-0.15, -0.1) is 11.3 Å². The Kier molecular flexibility index (Phi) is 4.82. The summed E-state index contributed by atoms with van der Waals surface area (Å²) in [7, 11) is 0. The highest BCUT2D eigenvalue weighted by Gasteiger charge is 2.16. The quantitative estimate of drug-likeness (QED) is 0.894. The van der Waals surface area contributed by atoms with Crippen LogP contribution in [0.2, 0.25) is 0 Å². The maximum absolute atomic E-state index is 9.95. The molecule has 4 heteroatoms. The normalized spacial score (nSPS) is 22.5. The van der Waals surface area contributed by atoms with Crippen LogP contribution in [0.1, 0.15) is 43.8 Å². The first-order valence-electron chi connectivity index (χ1n) is 5.79. The van der Waals surface area contributed by atoms with Crippen LogP contribution in [0.3, 0.4) is 0 Å². The summed E-state index contributed by atoms with van der Waals surface area (Å²) in [6.45, 7) is 0.921. The fourth-order valence-electron chi connectivity index (χ4n) is 2.08. The zero-order chi connectivity index (χ0) is 11.4. The van der Waals surface area contributed by atoms with Crippen LogP contribution in [0, 0.1) is 0 Å². The molecule has 1 aromatic rings. The predicted molar refractivity (Wildman–Crippen MR) is 69.8 cm³/mol. The minimum Gasteiger partial charge on any atom is -0.388 e. The minimum atomic E-state index is -0.316. The SMILES string of the molecule is OC(CCCC1CCCO1)c1csc(Br)c1. The third-order valence-corrected chi connectivity index (χ3v) is 4.52. The van der Waals surface area contributed by atoms with E-state index >= 15 is 0 Å². The van der Waals surface area contributed by atoms with Crippen LogP contribution in [0.15, 0.2) is 15.2 Å². The molecule has 0 bridgehead atoms. The summed E-state index contributed by atoms with van der Waals surface area (Å²) in [5.41, 5.74) is 1.03. The molecule has 2 unspecified atom stereocenters. The summed E-state index contributed by atoms with van der Waals surface area (Å²) >= 11 is 5.03. The highest BCUT2D eigenvalue weighted by Crippen LogP contribution is 2.28. The lowest BCUT2D eigenvalue weighted by atomic mass is 10.0. The Balaban J connectivity index is 1.69. The molecule has 1 fully saturated rings. The Morgan fingerprint density at radius 1 is 1.62 bits per heavy atom. The fraction of sp³-hybridized carbons (Fsp3) is 0.667. The van der Waals surface area contributed by atoms with E-state index in [2.05, 4.69) is 15.9 Å². The third kappa shape index (κ3) is 3.55. The van der Waals surface area contributed by atoms with E-state index in [0.717, 1.165) is 35.2 Å². The molecule has 0 spiro atoms. The standard InChI is InChI=1S/C12H17BrO2S/c13-12-7-9(8-16-12)11(14)5-1-3-10-4-2-6-15-10/h7-8,10-11,14H,1-6H2. The monoisotopic (exact) mass is 304 g/mol. The molecule has 0 aromatic carbocycles. The van der Waals surface area contributed by atoms with Gasteiger partial charge in [-0.05, 0) is 65.0 Å². The van der Waals surface area contributed by atoms with Gasteiger partial charge in [0.2, 0.25) is 0 Å². The fourth-order valence-corrected chi connectivity index (χ4v) is 3.30. The molecule has 2 heterocycles. The van der Waals surface area contributed by atoms with Gasteiger partial charge in [-0.3, -0.25) is 0 Å². The average molecular weight is 305 g/mol. The van der Waals surface area contributed by atoms with Gasteiger partial charge in [0.05, 0.1) is 16.0 Å². The molecule has 2 nitrogen and oxygen atoms in total. The summed E-state index contributed by atoms with van der Waals surface area (Å²) in [5.74, 6) is 0. The number of aliphatic hydroxyl groups is 1. The van der Waals surface area contributed by atoms with Crippen molar-refractivity contribution in [2.75, 3.05) is 6.61 Å². The second kappa shape index (κ2) is 6.15. The molecule has 2 atom stereocenters. The van der Waals surface area contributed by atoms with Crippen LogP contribution in [-0.2, 0) is 4.74 Å². The minimum absolute atomic E-state index is 0.316. The Morgan fingerprint density at radius 2 is 2.50 bits per heavy atom. The van der Waals surface area contributed by atoms with Crippen molar-refractivity contribution in [1.29, 1.82) is 0 Å². The molecule has 0 radical (unpaired) electrons. The molecule has 1 aromatic heterocycles. The molecule has 1 aliphatic rings. The molecular formula is C12H17BrO2S. The second-order valence-corrected chi connectivity index (χ2v) is 6.56. The van der Waals surface area contributed by atoms with Crippen LogP contribution in [-0.4, -0.2) is 17.8 Å². The summed E-state index contributed by atoms with van der Waals surface area (Å²) in [6.07, 6.45) is 5.49. The van der Waals surface area contributed by atoms with E-state index in [1.165, 1.54) is 12.8 Å². The van der Waals surface area contributed by atoms with Crippen molar-refractivity contribution in [2.45, 2.75) is 44.3 Å². The molecule has 1 aliphatic heterocycles. The van der Waals surface area contributed by atoms with Gasteiger partial charge < -0.3 is 9.84 Å². The smallest absolute Gasteiger partial charge is 0.0798 e. The lowest BCUT2D eigenvalue weighted by molar-refractivity contribution is 0.0945. The van der Waals surface area contributed by atoms with Crippen molar-refractivity contribution in [3.63, 3.8) is 0 Å². The van der Waals surface area contributed by atoms with E-state index < -0.39 is 0 Å². The van der Waals surface area contributed by atoms with E-state index in [-0.39, 0.29) is 6.10 Å². The molecule has 16 heavy (non-hydrogen) atoms. The van der Waals surface area contributed by atoms with E-state index in [1.807, 2.05) is 11.4 Å². The zero-order valence-electron chi connectivity index (χ0n) is 9.19. The average Bonchev–Trinajstić information content (AvgIpc) is 2.89. The van der Waals surface area contributed by atoms with Gasteiger partial charge in [-0.25, -0.2) is 0 Å². The van der Waals surface area contributed by atoms with Crippen LogP contribution < -0.4 is 0 Å².